The highest BCUT2D eigenvalue weighted by atomic mass is 35.5. The number of rotatable bonds is 3. The van der Waals surface area contributed by atoms with Crippen LogP contribution in [0.2, 0.25) is 0 Å². The lowest BCUT2D eigenvalue weighted by atomic mass is 9.88. The third-order valence-electron chi connectivity index (χ3n) is 2.93. The summed E-state index contributed by atoms with van der Waals surface area (Å²) in [6.45, 7) is 0. The van der Waals surface area contributed by atoms with Gasteiger partial charge in [-0.15, -0.1) is 0 Å². The molecule has 106 valence electrons. The first-order valence-corrected chi connectivity index (χ1v) is 6.31. The SMILES string of the molecule is COC(=O)[C@](O)(c1ccccc1)[C@@H]1OC(=O)C(Cl)=C1Cl. The number of ether oxygens (including phenoxy) is 2. The first kappa shape index (κ1) is 14.8. The fourth-order valence-electron chi connectivity index (χ4n) is 1.92. The van der Waals surface area contributed by atoms with Crippen LogP contribution < -0.4 is 0 Å². The molecule has 1 aliphatic heterocycles. The Bertz CT molecular complexity index is 584. The molecule has 5 nitrogen and oxygen atoms in total. The minimum atomic E-state index is -2.26. The van der Waals surface area contributed by atoms with E-state index in [1.54, 1.807) is 18.2 Å². The van der Waals surface area contributed by atoms with Crippen LogP contribution in [0.1, 0.15) is 5.56 Å². The van der Waals surface area contributed by atoms with E-state index in [1.807, 2.05) is 0 Å². The quantitative estimate of drug-likeness (QED) is 0.859. The van der Waals surface area contributed by atoms with E-state index >= 15 is 0 Å². The van der Waals surface area contributed by atoms with E-state index in [2.05, 4.69) is 4.74 Å². The molecule has 0 fully saturated rings. The number of aliphatic hydroxyl groups is 1. The number of carbonyl (C=O) groups is 2. The number of benzene rings is 1. The van der Waals surface area contributed by atoms with E-state index in [0.29, 0.717) is 0 Å². The molecular formula is C13H10Cl2O5. The van der Waals surface area contributed by atoms with Gasteiger partial charge >= 0.3 is 11.9 Å². The van der Waals surface area contributed by atoms with Crippen molar-refractivity contribution in [1.82, 2.24) is 0 Å². The van der Waals surface area contributed by atoms with Gasteiger partial charge in [-0.25, -0.2) is 9.59 Å². The van der Waals surface area contributed by atoms with Gasteiger partial charge in [0.05, 0.1) is 12.1 Å². The van der Waals surface area contributed by atoms with Crippen LogP contribution in [0.25, 0.3) is 0 Å². The average Bonchev–Trinajstić information content (AvgIpc) is 2.74. The Kier molecular flexibility index (Phi) is 4.04. The van der Waals surface area contributed by atoms with Crippen molar-refractivity contribution < 1.29 is 24.2 Å². The monoisotopic (exact) mass is 316 g/mol. The van der Waals surface area contributed by atoms with Crippen LogP contribution in [0.4, 0.5) is 0 Å². The van der Waals surface area contributed by atoms with E-state index in [4.69, 9.17) is 27.9 Å². The zero-order chi connectivity index (χ0) is 14.9. The molecule has 1 aromatic carbocycles. The second kappa shape index (κ2) is 5.44. The maximum absolute atomic E-state index is 12.0. The number of carbonyl (C=O) groups excluding carboxylic acids is 2. The summed E-state index contributed by atoms with van der Waals surface area (Å²) in [6, 6.07) is 7.90. The van der Waals surface area contributed by atoms with Crippen LogP contribution in [-0.2, 0) is 24.7 Å². The number of cyclic esters (lactones) is 1. The van der Waals surface area contributed by atoms with E-state index < -0.39 is 23.6 Å². The second-order valence-electron chi connectivity index (χ2n) is 4.07. The third kappa shape index (κ3) is 2.18. The van der Waals surface area contributed by atoms with Crippen molar-refractivity contribution in [3.05, 3.63) is 46.0 Å². The Hall–Kier alpha value is -1.56. The van der Waals surface area contributed by atoms with Gasteiger partial charge in [0.25, 0.3) is 0 Å². The first-order chi connectivity index (χ1) is 9.42. The number of methoxy groups -OCH3 is 1. The second-order valence-corrected chi connectivity index (χ2v) is 4.86. The van der Waals surface area contributed by atoms with E-state index in [0.717, 1.165) is 7.11 Å². The van der Waals surface area contributed by atoms with Crippen molar-refractivity contribution >= 4 is 35.1 Å². The van der Waals surface area contributed by atoms with Crippen molar-refractivity contribution in [2.24, 2.45) is 0 Å². The van der Waals surface area contributed by atoms with Gasteiger partial charge in [0.15, 0.2) is 6.10 Å². The summed E-state index contributed by atoms with van der Waals surface area (Å²) < 4.78 is 9.50. The molecule has 1 heterocycles. The van der Waals surface area contributed by atoms with Crippen molar-refractivity contribution in [3.63, 3.8) is 0 Å². The molecular weight excluding hydrogens is 307 g/mol. The zero-order valence-electron chi connectivity index (χ0n) is 10.3. The number of hydrogen-bond acceptors (Lipinski definition) is 5. The van der Waals surface area contributed by atoms with Crippen molar-refractivity contribution in [2.45, 2.75) is 11.7 Å². The van der Waals surface area contributed by atoms with E-state index in [1.165, 1.54) is 12.1 Å². The lowest BCUT2D eigenvalue weighted by Crippen LogP contribution is -2.48. The van der Waals surface area contributed by atoms with Crippen LogP contribution in [-0.4, -0.2) is 30.3 Å². The van der Waals surface area contributed by atoms with E-state index in [9.17, 15) is 14.7 Å². The number of esters is 2. The van der Waals surface area contributed by atoms with Crippen molar-refractivity contribution in [1.29, 1.82) is 0 Å². The zero-order valence-corrected chi connectivity index (χ0v) is 11.8. The Morgan fingerprint density at radius 2 is 1.95 bits per heavy atom. The molecule has 20 heavy (non-hydrogen) atoms. The van der Waals surface area contributed by atoms with Crippen LogP contribution in [0, 0.1) is 0 Å². The van der Waals surface area contributed by atoms with Gasteiger partial charge in [0.2, 0.25) is 5.60 Å². The smallest absolute Gasteiger partial charge is 0.351 e. The molecule has 0 bridgehead atoms. The normalized spacial score (nSPS) is 21.4. The molecule has 2 atom stereocenters. The molecule has 0 amide bonds. The van der Waals surface area contributed by atoms with Gasteiger partial charge in [-0.2, -0.15) is 0 Å². The molecule has 7 heteroatoms. The predicted octanol–water partition coefficient (Wildman–Crippen LogP) is 1.66. The average molecular weight is 317 g/mol. The lowest BCUT2D eigenvalue weighted by molar-refractivity contribution is -0.179. The summed E-state index contributed by atoms with van der Waals surface area (Å²) in [5, 5.41) is 10.1. The van der Waals surface area contributed by atoms with Gasteiger partial charge in [0, 0.05) is 0 Å². The highest BCUT2D eigenvalue weighted by Gasteiger charge is 2.54. The molecule has 1 N–H and O–H groups in total. The number of hydrogen-bond donors (Lipinski definition) is 1. The maximum atomic E-state index is 12.0. The summed E-state index contributed by atoms with van der Waals surface area (Å²) in [6.07, 6.45) is -1.45. The first-order valence-electron chi connectivity index (χ1n) is 5.55. The Morgan fingerprint density at radius 3 is 2.40 bits per heavy atom. The molecule has 0 saturated carbocycles. The van der Waals surface area contributed by atoms with Crippen LogP contribution in [0.5, 0.6) is 0 Å². The third-order valence-corrected chi connectivity index (χ3v) is 3.78. The topological polar surface area (TPSA) is 72.8 Å². The minimum absolute atomic E-state index is 0.175. The molecule has 0 unspecified atom stereocenters. The predicted molar refractivity (Wildman–Crippen MR) is 71.0 cm³/mol. The largest absolute Gasteiger partial charge is 0.467 e. The van der Waals surface area contributed by atoms with E-state index in [-0.39, 0.29) is 15.6 Å². The molecule has 2 rings (SSSR count). The molecule has 1 aliphatic rings. The standard InChI is InChI=1S/C13H10Cl2O5/c1-19-12(17)13(18,7-5-3-2-4-6-7)10-8(14)9(15)11(16)20-10/h2-6,10,18H,1H3/t10-,13+/m1/s1. The lowest BCUT2D eigenvalue weighted by Gasteiger charge is -2.30. The van der Waals surface area contributed by atoms with Gasteiger partial charge in [-0.3, -0.25) is 0 Å². The fraction of sp³-hybridized carbons (Fsp3) is 0.231. The highest BCUT2D eigenvalue weighted by Crippen LogP contribution is 2.40. The number of halogens is 2. The molecule has 0 spiro atoms. The summed E-state index contributed by atoms with van der Waals surface area (Å²) in [7, 11) is 1.10. The minimum Gasteiger partial charge on any atom is -0.467 e. The van der Waals surface area contributed by atoms with Crippen LogP contribution in [0.15, 0.2) is 40.4 Å². The van der Waals surface area contributed by atoms with Crippen LogP contribution >= 0.6 is 23.2 Å². The fourth-order valence-corrected chi connectivity index (χ4v) is 2.34. The molecule has 0 radical (unpaired) electrons. The molecule has 0 aliphatic carbocycles. The molecule has 1 aromatic rings. The maximum Gasteiger partial charge on any atom is 0.351 e. The van der Waals surface area contributed by atoms with Crippen LogP contribution in [0.3, 0.4) is 0 Å². The summed E-state index contributed by atoms with van der Waals surface area (Å²) in [4.78, 5) is 23.4. The highest BCUT2D eigenvalue weighted by molar-refractivity contribution is 6.48. The Balaban J connectivity index is 2.56. The Labute approximate surface area is 124 Å². The van der Waals surface area contributed by atoms with Crippen molar-refractivity contribution in [3.8, 4) is 0 Å². The molecule has 0 aromatic heterocycles. The summed E-state index contributed by atoms with van der Waals surface area (Å²) in [5.41, 5.74) is -2.09. The summed E-state index contributed by atoms with van der Waals surface area (Å²) >= 11 is 11.6. The van der Waals surface area contributed by atoms with Gasteiger partial charge in [-0.1, -0.05) is 53.5 Å². The van der Waals surface area contributed by atoms with Crippen molar-refractivity contribution in [2.75, 3.05) is 7.11 Å². The van der Waals surface area contributed by atoms with Gasteiger partial charge in [-0.05, 0) is 5.56 Å². The Morgan fingerprint density at radius 1 is 1.35 bits per heavy atom. The molecule has 0 saturated heterocycles. The van der Waals surface area contributed by atoms with Gasteiger partial charge < -0.3 is 14.6 Å². The van der Waals surface area contributed by atoms with Gasteiger partial charge in [0.1, 0.15) is 5.03 Å². The summed E-state index contributed by atoms with van der Waals surface area (Å²) in [5.74, 6) is -1.91.